The lowest BCUT2D eigenvalue weighted by atomic mass is 9.81. The second-order valence-corrected chi connectivity index (χ2v) is 6.73. The molecule has 1 N–H and O–H groups in total. The molecular weight excluding hydrogens is 256 g/mol. The minimum Gasteiger partial charge on any atom is -0.388 e. The van der Waals surface area contributed by atoms with Gasteiger partial charge in [-0.1, -0.05) is 76.2 Å². The van der Waals surface area contributed by atoms with Crippen LogP contribution in [0.25, 0.3) is 0 Å². The topological polar surface area (TPSA) is 20.2 Å². The Bertz CT molecular complexity index is 576. The molecule has 0 fully saturated rings. The van der Waals surface area contributed by atoms with E-state index in [2.05, 4.69) is 58.0 Å². The van der Waals surface area contributed by atoms with Crippen molar-refractivity contribution in [2.24, 2.45) is 0 Å². The Balaban J connectivity index is 2.22. The normalized spacial score (nSPS) is 13.2. The molecular formula is C20H26O. The zero-order chi connectivity index (χ0) is 15.5. The van der Waals surface area contributed by atoms with Crippen molar-refractivity contribution in [3.8, 4) is 0 Å². The monoisotopic (exact) mass is 282 g/mol. The summed E-state index contributed by atoms with van der Waals surface area (Å²) < 4.78 is 0. The Morgan fingerprint density at radius 2 is 1.48 bits per heavy atom. The largest absolute Gasteiger partial charge is 0.388 e. The zero-order valence-electron chi connectivity index (χ0n) is 13.6. The first-order valence-electron chi connectivity index (χ1n) is 7.77. The molecule has 0 aliphatic carbocycles. The maximum absolute atomic E-state index is 10.6. The lowest BCUT2D eigenvalue weighted by molar-refractivity contribution is 0.176. The molecule has 0 aromatic heterocycles. The lowest BCUT2D eigenvalue weighted by Gasteiger charge is -2.25. The average molecular weight is 282 g/mol. The summed E-state index contributed by atoms with van der Waals surface area (Å²) in [5.74, 6) is 0. The van der Waals surface area contributed by atoms with E-state index in [0.717, 1.165) is 12.0 Å². The molecule has 0 spiro atoms. The summed E-state index contributed by atoms with van der Waals surface area (Å²) in [6, 6.07) is 16.8. The van der Waals surface area contributed by atoms with Gasteiger partial charge in [-0.05, 0) is 34.1 Å². The average Bonchev–Trinajstić information content (AvgIpc) is 2.47. The van der Waals surface area contributed by atoms with Crippen LogP contribution in [0.1, 0.15) is 56.1 Å². The number of aliphatic hydroxyl groups is 1. The van der Waals surface area contributed by atoms with Crippen molar-refractivity contribution in [3.05, 3.63) is 70.8 Å². The first kappa shape index (κ1) is 15.8. The van der Waals surface area contributed by atoms with E-state index in [9.17, 15) is 5.11 Å². The third kappa shape index (κ3) is 3.95. The van der Waals surface area contributed by atoms with Crippen LogP contribution in [0.5, 0.6) is 0 Å². The van der Waals surface area contributed by atoms with E-state index in [1.54, 1.807) is 0 Å². The van der Waals surface area contributed by atoms with Crippen molar-refractivity contribution in [2.45, 2.75) is 52.1 Å². The van der Waals surface area contributed by atoms with E-state index in [4.69, 9.17) is 0 Å². The highest BCUT2D eigenvalue weighted by Crippen LogP contribution is 2.31. The zero-order valence-corrected chi connectivity index (χ0v) is 13.6. The van der Waals surface area contributed by atoms with E-state index in [1.807, 2.05) is 18.2 Å². The van der Waals surface area contributed by atoms with Gasteiger partial charge in [-0.25, -0.2) is 0 Å². The number of hydrogen-bond donors (Lipinski definition) is 1. The first-order chi connectivity index (χ1) is 9.91. The van der Waals surface area contributed by atoms with E-state index < -0.39 is 6.10 Å². The second-order valence-electron chi connectivity index (χ2n) is 6.73. The molecule has 21 heavy (non-hydrogen) atoms. The highest BCUT2D eigenvalue weighted by atomic mass is 16.3. The van der Waals surface area contributed by atoms with Crippen LogP contribution < -0.4 is 0 Å². The summed E-state index contributed by atoms with van der Waals surface area (Å²) in [6.07, 6.45) is 1.26. The Hall–Kier alpha value is -1.60. The number of rotatable bonds is 4. The van der Waals surface area contributed by atoms with Gasteiger partial charge in [0.15, 0.2) is 0 Å². The van der Waals surface area contributed by atoms with Crippen LogP contribution in [0.4, 0.5) is 0 Å². The number of aliphatic hydroxyl groups excluding tert-OH is 1. The van der Waals surface area contributed by atoms with Crippen LogP contribution in [0.2, 0.25) is 0 Å². The van der Waals surface area contributed by atoms with Crippen molar-refractivity contribution in [1.82, 2.24) is 0 Å². The Labute approximate surface area is 128 Å². The SMILES string of the molecule is CCc1ccc(CC(O)c2ccccc2C(C)(C)C)cc1. The van der Waals surface area contributed by atoms with Gasteiger partial charge in [-0.15, -0.1) is 0 Å². The van der Waals surface area contributed by atoms with E-state index in [-0.39, 0.29) is 5.41 Å². The molecule has 2 aromatic rings. The molecule has 0 radical (unpaired) electrons. The van der Waals surface area contributed by atoms with Crippen molar-refractivity contribution < 1.29 is 5.11 Å². The smallest absolute Gasteiger partial charge is 0.0833 e. The first-order valence-corrected chi connectivity index (χ1v) is 7.77. The molecule has 0 aliphatic rings. The van der Waals surface area contributed by atoms with Crippen LogP contribution in [0.15, 0.2) is 48.5 Å². The Kier molecular flexibility index (Phi) is 4.84. The standard InChI is InChI=1S/C20H26O/c1-5-15-10-12-16(13-11-15)14-19(21)17-8-6-7-9-18(17)20(2,3)4/h6-13,19,21H,5,14H2,1-4H3. The van der Waals surface area contributed by atoms with Crippen molar-refractivity contribution in [1.29, 1.82) is 0 Å². The summed E-state index contributed by atoms with van der Waals surface area (Å²) in [5, 5.41) is 10.6. The molecule has 0 saturated heterocycles. The van der Waals surface area contributed by atoms with Crippen LogP contribution in [0.3, 0.4) is 0 Å². The quantitative estimate of drug-likeness (QED) is 0.852. The van der Waals surface area contributed by atoms with Gasteiger partial charge in [0, 0.05) is 6.42 Å². The third-order valence-electron chi connectivity index (χ3n) is 3.99. The van der Waals surface area contributed by atoms with Gasteiger partial charge in [0.25, 0.3) is 0 Å². The minimum absolute atomic E-state index is 0.0453. The summed E-state index contributed by atoms with van der Waals surface area (Å²) in [5.41, 5.74) is 4.84. The molecule has 1 nitrogen and oxygen atoms in total. The number of benzene rings is 2. The maximum Gasteiger partial charge on any atom is 0.0833 e. The highest BCUT2D eigenvalue weighted by Gasteiger charge is 2.21. The van der Waals surface area contributed by atoms with Crippen LogP contribution in [0, 0.1) is 0 Å². The minimum atomic E-state index is -0.451. The molecule has 0 aliphatic heterocycles. The molecule has 1 atom stereocenters. The van der Waals surface area contributed by atoms with E-state index in [0.29, 0.717) is 6.42 Å². The molecule has 2 aromatic carbocycles. The molecule has 2 rings (SSSR count). The molecule has 1 unspecified atom stereocenters. The third-order valence-corrected chi connectivity index (χ3v) is 3.99. The Morgan fingerprint density at radius 3 is 2.05 bits per heavy atom. The van der Waals surface area contributed by atoms with Crippen molar-refractivity contribution in [3.63, 3.8) is 0 Å². The summed E-state index contributed by atoms with van der Waals surface area (Å²) in [6.45, 7) is 8.72. The van der Waals surface area contributed by atoms with Crippen molar-refractivity contribution >= 4 is 0 Å². The van der Waals surface area contributed by atoms with Crippen LogP contribution in [-0.4, -0.2) is 5.11 Å². The number of aryl methyl sites for hydroxylation is 1. The molecule has 0 heterocycles. The van der Waals surface area contributed by atoms with Gasteiger partial charge < -0.3 is 5.11 Å². The fraction of sp³-hybridized carbons (Fsp3) is 0.400. The highest BCUT2D eigenvalue weighted by molar-refractivity contribution is 5.35. The molecule has 0 bridgehead atoms. The fourth-order valence-corrected chi connectivity index (χ4v) is 2.71. The Morgan fingerprint density at radius 1 is 0.905 bits per heavy atom. The van der Waals surface area contributed by atoms with Crippen molar-refractivity contribution in [2.75, 3.05) is 0 Å². The van der Waals surface area contributed by atoms with Gasteiger partial charge in [0.2, 0.25) is 0 Å². The van der Waals surface area contributed by atoms with Crippen LogP contribution in [-0.2, 0) is 18.3 Å². The summed E-state index contributed by atoms with van der Waals surface area (Å²) in [4.78, 5) is 0. The summed E-state index contributed by atoms with van der Waals surface area (Å²) >= 11 is 0. The predicted molar refractivity (Wildman–Crippen MR) is 89.6 cm³/mol. The fourth-order valence-electron chi connectivity index (χ4n) is 2.71. The van der Waals surface area contributed by atoms with Gasteiger partial charge >= 0.3 is 0 Å². The van der Waals surface area contributed by atoms with E-state index >= 15 is 0 Å². The molecule has 112 valence electrons. The molecule has 0 amide bonds. The summed E-state index contributed by atoms with van der Waals surface area (Å²) in [7, 11) is 0. The lowest BCUT2D eigenvalue weighted by Crippen LogP contribution is -2.16. The van der Waals surface area contributed by atoms with E-state index in [1.165, 1.54) is 16.7 Å². The molecule has 1 heteroatoms. The van der Waals surface area contributed by atoms with Gasteiger partial charge in [0.05, 0.1) is 6.10 Å². The second kappa shape index (κ2) is 6.44. The van der Waals surface area contributed by atoms with Crippen LogP contribution >= 0.6 is 0 Å². The van der Waals surface area contributed by atoms with Gasteiger partial charge in [0.1, 0.15) is 0 Å². The van der Waals surface area contributed by atoms with Gasteiger partial charge in [-0.2, -0.15) is 0 Å². The number of hydrogen-bond acceptors (Lipinski definition) is 1. The van der Waals surface area contributed by atoms with Gasteiger partial charge in [-0.3, -0.25) is 0 Å². The maximum atomic E-state index is 10.6. The molecule has 0 saturated carbocycles. The predicted octanol–water partition coefficient (Wildman–Crippen LogP) is 4.82.